The Bertz CT molecular complexity index is 1460. The summed E-state index contributed by atoms with van der Waals surface area (Å²) < 4.78 is 33.8. The predicted octanol–water partition coefficient (Wildman–Crippen LogP) is 5.92. The number of para-hydroxylation sites is 1. The van der Waals surface area contributed by atoms with E-state index in [-0.39, 0.29) is 21.2 Å². The van der Waals surface area contributed by atoms with Crippen molar-refractivity contribution in [1.82, 2.24) is 0 Å². The van der Waals surface area contributed by atoms with Gasteiger partial charge in [-0.15, -0.1) is 0 Å². The van der Waals surface area contributed by atoms with Crippen LogP contribution in [0.25, 0.3) is 0 Å². The number of sulfonamides is 1. The molecule has 0 radical (unpaired) electrons. The third-order valence-corrected chi connectivity index (χ3v) is 6.81. The number of ether oxygens (including phenoxy) is 1. The maximum absolute atomic E-state index is 13.2. The zero-order valence-corrected chi connectivity index (χ0v) is 19.9. The summed E-state index contributed by atoms with van der Waals surface area (Å²) in [5.41, 5.74) is 1.07. The van der Waals surface area contributed by atoms with Crippen molar-refractivity contribution in [2.24, 2.45) is 0 Å². The number of carbonyl (C=O) groups excluding carboxylic acids is 2. The van der Waals surface area contributed by atoms with Crippen LogP contribution in [0.3, 0.4) is 0 Å². The van der Waals surface area contributed by atoms with Gasteiger partial charge in [0.25, 0.3) is 10.0 Å². The summed E-state index contributed by atoms with van der Waals surface area (Å²) in [7, 11) is -4.04. The second-order valence-electron chi connectivity index (χ2n) is 7.54. The average molecular weight is 506 g/mol. The van der Waals surface area contributed by atoms with Crippen LogP contribution in [-0.4, -0.2) is 20.2 Å². The average Bonchev–Trinajstić information content (AvgIpc) is 2.89. The van der Waals surface area contributed by atoms with Gasteiger partial charge in [-0.25, -0.2) is 13.2 Å². The Kier molecular flexibility index (Phi) is 7.29. The summed E-state index contributed by atoms with van der Waals surface area (Å²) in [6.07, 6.45) is -1.20. The number of halogens is 1. The Labute approximate surface area is 208 Å². The van der Waals surface area contributed by atoms with Crippen LogP contribution in [0.1, 0.15) is 32.4 Å². The molecule has 0 bridgehead atoms. The lowest BCUT2D eigenvalue weighted by Crippen LogP contribution is -2.21. The monoisotopic (exact) mass is 505 g/mol. The van der Waals surface area contributed by atoms with Crippen molar-refractivity contribution in [3.05, 3.63) is 131 Å². The normalized spacial score (nSPS) is 11.9. The van der Waals surface area contributed by atoms with Gasteiger partial charge in [-0.2, -0.15) is 0 Å². The molecule has 8 heteroatoms. The van der Waals surface area contributed by atoms with Crippen LogP contribution < -0.4 is 4.72 Å². The number of anilines is 1. The third kappa shape index (κ3) is 5.77. The van der Waals surface area contributed by atoms with Crippen molar-refractivity contribution >= 4 is 39.1 Å². The number of carbonyl (C=O) groups is 2. The summed E-state index contributed by atoms with van der Waals surface area (Å²) >= 11 is 6.06. The second kappa shape index (κ2) is 10.5. The SMILES string of the molecule is O=C(OC(C(=O)c1ccccc1)c1ccccc1)c1cccc(S(=O)(=O)Nc2ccccc2Cl)c1. The maximum atomic E-state index is 13.2. The highest BCUT2D eigenvalue weighted by molar-refractivity contribution is 7.92. The Morgan fingerprint density at radius 3 is 2.03 bits per heavy atom. The van der Waals surface area contributed by atoms with Crippen LogP contribution in [0.2, 0.25) is 5.02 Å². The molecule has 4 aromatic rings. The third-order valence-electron chi connectivity index (χ3n) is 5.12. The van der Waals surface area contributed by atoms with E-state index >= 15 is 0 Å². The first-order valence-corrected chi connectivity index (χ1v) is 12.4. The highest BCUT2D eigenvalue weighted by Gasteiger charge is 2.27. The van der Waals surface area contributed by atoms with Crippen molar-refractivity contribution < 1.29 is 22.7 Å². The van der Waals surface area contributed by atoms with Gasteiger partial charge in [-0.1, -0.05) is 90.5 Å². The van der Waals surface area contributed by atoms with E-state index in [1.54, 1.807) is 78.9 Å². The summed E-state index contributed by atoms with van der Waals surface area (Å²) in [6, 6.07) is 28.9. The van der Waals surface area contributed by atoms with E-state index in [4.69, 9.17) is 16.3 Å². The molecule has 0 heterocycles. The first-order chi connectivity index (χ1) is 16.8. The molecule has 1 N–H and O–H groups in total. The topological polar surface area (TPSA) is 89.5 Å². The maximum Gasteiger partial charge on any atom is 0.339 e. The van der Waals surface area contributed by atoms with Crippen molar-refractivity contribution in [1.29, 1.82) is 0 Å². The molecule has 0 aliphatic heterocycles. The first-order valence-electron chi connectivity index (χ1n) is 10.6. The van der Waals surface area contributed by atoms with E-state index in [1.807, 2.05) is 0 Å². The lowest BCUT2D eigenvalue weighted by Gasteiger charge is -2.18. The van der Waals surface area contributed by atoms with E-state index in [0.29, 0.717) is 11.1 Å². The van der Waals surface area contributed by atoms with Crippen LogP contribution in [-0.2, 0) is 14.8 Å². The molecular formula is C27H20ClNO5S. The van der Waals surface area contributed by atoms with E-state index in [9.17, 15) is 18.0 Å². The van der Waals surface area contributed by atoms with E-state index in [0.717, 1.165) is 0 Å². The number of rotatable bonds is 8. The van der Waals surface area contributed by atoms with E-state index < -0.39 is 27.9 Å². The predicted molar refractivity (Wildman–Crippen MR) is 134 cm³/mol. The van der Waals surface area contributed by atoms with Gasteiger partial charge < -0.3 is 4.74 Å². The fourth-order valence-corrected chi connectivity index (χ4v) is 4.73. The molecule has 0 spiro atoms. The van der Waals surface area contributed by atoms with Crippen LogP contribution in [0.5, 0.6) is 0 Å². The van der Waals surface area contributed by atoms with Gasteiger partial charge in [0, 0.05) is 11.1 Å². The Hall–Kier alpha value is -3.94. The molecule has 0 amide bonds. The van der Waals surface area contributed by atoms with Crippen LogP contribution in [0.15, 0.2) is 114 Å². The van der Waals surface area contributed by atoms with Crippen LogP contribution in [0, 0.1) is 0 Å². The molecule has 1 unspecified atom stereocenters. The zero-order chi connectivity index (χ0) is 24.8. The number of hydrogen-bond acceptors (Lipinski definition) is 5. The second-order valence-corrected chi connectivity index (χ2v) is 9.63. The summed E-state index contributed by atoms with van der Waals surface area (Å²) in [5.74, 6) is -1.23. The minimum absolute atomic E-state index is 0.0196. The molecular weight excluding hydrogens is 486 g/mol. The molecule has 176 valence electrons. The fourth-order valence-electron chi connectivity index (χ4n) is 3.37. The number of Topliss-reactive ketones (excluding diaryl/α,β-unsaturated/α-hetero) is 1. The zero-order valence-electron chi connectivity index (χ0n) is 18.3. The van der Waals surface area contributed by atoms with Crippen molar-refractivity contribution in [2.45, 2.75) is 11.0 Å². The van der Waals surface area contributed by atoms with Gasteiger partial charge in [0.2, 0.25) is 5.78 Å². The molecule has 0 aromatic heterocycles. The molecule has 0 aliphatic rings. The van der Waals surface area contributed by atoms with Gasteiger partial charge >= 0.3 is 5.97 Å². The number of ketones is 1. The number of esters is 1. The van der Waals surface area contributed by atoms with Gasteiger partial charge in [0.05, 0.1) is 21.2 Å². The molecule has 0 saturated carbocycles. The van der Waals surface area contributed by atoms with Gasteiger partial charge in [0.15, 0.2) is 6.10 Å². The highest BCUT2D eigenvalue weighted by atomic mass is 35.5. The standard InChI is InChI=1S/C27H20ClNO5S/c28-23-16-7-8-17-24(23)29-35(32,33)22-15-9-14-21(18-22)27(31)34-26(20-12-5-2-6-13-20)25(30)19-10-3-1-4-11-19/h1-18,26,29H. The van der Waals surface area contributed by atoms with E-state index in [1.165, 1.54) is 30.3 Å². The lowest BCUT2D eigenvalue weighted by molar-refractivity contribution is 0.0280. The Morgan fingerprint density at radius 2 is 1.34 bits per heavy atom. The lowest BCUT2D eigenvalue weighted by atomic mass is 10.00. The molecule has 0 fully saturated rings. The molecule has 0 aliphatic carbocycles. The molecule has 4 aromatic carbocycles. The number of nitrogens with one attached hydrogen (secondary N) is 1. The first kappa shape index (κ1) is 24.2. The summed E-state index contributed by atoms with van der Waals surface area (Å²) in [4.78, 5) is 26.1. The van der Waals surface area contributed by atoms with Crippen molar-refractivity contribution in [3.63, 3.8) is 0 Å². The number of benzene rings is 4. The quantitative estimate of drug-likeness (QED) is 0.237. The van der Waals surface area contributed by atoms with Gasteiger partial charge in [-0.3, -0.25) is 9.52 Å². The van der Waals surface area contributed by atoms with Crippen molar-refractivity contribution in [2.75, 3.05) is 4.72 Å². The molecule has 0 saturated heterocycles. The van der Waals surface area contributed by atoms with Gasteiger partial charge in [-0.05, 0) is 30.3 Å². The number of hydrogen-bond donors (Lipinski definition) is 1. The minimum atomic E-state index is -4.04. The minimum Gasteiger partial charge on any atom is -0.445 e. The molecule has 4 rings (SSSR count). The fraction of sp³-hybridized carbons (Fsp3) is 0.0370. The van der Waals surface area contributed by atoms with Gasteiger partial charge in [0.1, 0.15) is 0 Å². The highest BCUT2D eigenvalue weighted by Crippen LogP contribution is 2.26. The van der Waals surface area contributed by atoms with Crippen LogP contribution in [0.4, 0.5) is 5.69 Å². The van der Waals surface area contributed by atoms with Crippen LogP contribution >= 0.6 is 11.6 Å². The smallest absolute Gasteiger partial charge is 0.339 e. The van der Waals surface area contributed by atoms with E-state index in [2.05, 4.69) is 4.72 Å². The molecule has 35 heavy (non-hydrogen) atoms. The summed E-state index contributed by atoms with van der Waals surface area (Å²) in [6.45, 7) is 0. The molecule has 1 atom stereocenters. The largest absolute Gasteiger partial charge is 0.445 e. The summed E-state index contributed by atoms with van der Waals surface area (Å²) in [5, 5.41) is 0.233. The Morgan fingerprint density at radius 1 is 0.743 bits per heavy atom. The molecule has 6 nitrogen and oxygen atoms in total. The van der Waals surface area contributed by atoms with Crippen molar-refractivity contribution in [3.8, 4) is 0 Å². The Balaban J connectivity index is 1.61.